The topological polar surface area (TPSA) is 382 Å². The minimum absolute atomic E-state index is 0.0483. The van der Waals surface area contributed by atoms with Gasteiger partial charge in [-0.15, -0.1) is 0 Å². The SMILES string of the molecule is CCS(=S)CO[C@@H]1C[C@H](n2cc(C#CCNC(=O)NCCCCCOCSSCCNC(=O)c3ccc(C)c(-c4c5ccc(=N)cc-5oc5cc(N)ccc45)c3)c(N)nc2=O)O[C@@H]1COP(=O)(O)OP(=O)(O)OP(=O)(O)O. The van der Waals surface area contributed by atoms with E-state index in [1.165, 1.54) is 6.20 Å². The Balaban J connectivity index is 0.858. The molecule has 0 saturated carbocycles. The number of nitrogens with two attached hydrogens (primary N) is 2. The molecule has 1 aromatic heterocycles. The van der Waals surface area contributed by atoms with Gasteiger partial charge in [-0.1, -0.05) is 55.9 Å². The molecule has 6 rings (SSSR count). The number of nitrogens with one attached hydrogen (secondary N) is 4. The molecule has 32 heteroatoms. The van der Waals surface area contributed by atoms with E-state index in [4.69, 9.17) is 61.0 Å². The summed E-state index contributed by atoms with van der Waals surface area (Å²) in [7, 11) is -14.4. The van der Waals surface area contributed by atoms with E-state index in [0.717, 1.165) is 45.0 Å². The van der Waals surface area contributed by atoms with Crippen LogP contribution in [0.15, 0.2) is 70.0 Å². The van der Waals surface area contributed by atoms with Gasteiger partial charge in [0.05, 0.1) is 36.1 Å². The maximum atomic E-state index is 13.3. The molecule has 2 aliphatic heterocycles. The molecule has 418 valence electrons. The number of aromatic nitrogens is 2. The van der Waals surface area contributed by atoms with Crippen molar-refractivity contribution in [3.63, 3.8) is 0 Å². The maximum Gasteiger partial charge on any atom is 0.490 e. The first-order valence-electron chi connectivity index (χ1n) is 23.3. The van der Waals surface area contributed by atoms with Crippen LogP contribution in [0.5, 0.6) is 0 Å². The number of benzene rings is 3. The van der Waals surface area contributed by atoms with Crippen molar-refractivity contribution in [2.75, 3.05) is 67.7 Å². The van der Waals surface area contributed by atoms with Crippen LogP contribution in [0.1, 0.15) is 60.3 Å². The number of ether oxygens (including phenoxy) is 3. The molecule has 1 aliphatic carbocycles. The summed E-state index contributed by atoms with van der Waals surface area (Å²) in [5.74, 6) is 7.41. The van der Waals surface area contributed by atoms with Crippen molar-refractivity contribution in [1.82, 2.24) is 25.5 Å². The van der Waals surface area contributed by atoms with Crippen LogP contribution in [-0.2, 0) is 61.7 Å². The van der Waals surface area contributed by atoms with E-state index < -0.39 is 69.7 Å². The fraction of sp³-hybridized carbons (Fsp3) is 0.400. The van der Waals surface area contributed by atoms with Crippen molar-refractivity contribution in [1.29, 1.82) is 5.41 Å². The van der Waals surface area contributed by atoms with Crippen LogP contribution < -0.4 is 38.5 Å². The van der Waals surface area contributed by atoms with Gasteiger partial charge in [-0.25, -0.2) is 23.3 Å². The summed E-state index contributed by atoms with van der Waals surface area (Å²) in [4.78, 5) is 79.4. The summed E-state index contributed by atoms with van der Waals surface area (Å²) < 4.78 is 72.1. The van der Waals surface area contributed by atoms with E-state index in [-0.39, 0.29) is 36.2 Å². The fourth-order valence-corrected chi connectivity index (χ4v) is 12.7. The average molecular weight is 1200 g/mol. The first-order valence-corrected chi connectivity index (χ1v) is 32.8. The zero-order valence-electron chi connectivity index (χ0n) is 41.3. The Bertz CT molecular complexity index is 3250. The maximum absolute atomic E-state index is 13.3. The number of aryl methyl sites for hydroxylation is 1. The molecular formula is C45H57N8O17P3S4. The lowest BCUT2D eigenvalue weighted by atomic mass is 9.90. The van der Waals surface area contributed by atoms with Crippen LogP contribution in [0, 0.1) is 24.2 Å². The van der Waals surface area contributed by atoms with Crippen LogP contribution >= 0.6 is 45.1 Å². The van der Waals surface area contributed by atoms with Crippen LogP contribution in [0.2, 0.25) is 0 Å². The molecule has 3 aromatic rings. The van der Waals surface area contributed by atoms with Crippen molar-refractivity contribution in [2.45, 2.75) is 58.0 Å². The highest BCUT2D eigenvalue weighted by molar-refractivity contribution is 8.76. The van der Waals surface area contributed by atoms with Crippen molar-refractivity contribution >= 4 is 100 Å². The van der Waals surface area contributed by atoms with Gasteiger partial charge in [0.25, 0.3) is 5.91 Å². The Morgan fingerprint density at radius 2 is 1.77 bits per heavy atom. The highest BCUT2D eigenvalue weighted by Crippen LogP contribution is 2.66. The van der Waals surface area contributed by atoms with Gasteiger partial charge in [-0.2, -0.15) is 13.6 Å². The van der Waals surface area contributed by atoms with Crippen LogP contribution in [0.4, 0.5) is 16.3 Å². The van der Waals surface area contributed by atoms with E-state index >= 15 is 0 Å². The van der Waals surface area contributed by atoms with E-state index in [2.05, 4.69) is 41.4 Å². The number of carbonyl (C=O) groups excluding carboxylic acids is 2. The molecular weight excluding hydrogens is 1150 g/mol. The monoisotopic (exact) mass is 1200 g/mol. The number of unbranched alkanes of at least 4 members (excludes halogenated alkanes) is 2. The molecule has 12 N–H and O–H groups in total. The second kappa shape index (κ2) is 28.6. The van der Waals surface area contributed by atoms with E-state index in [1.54, 1.807) is 45.9 Å². The number of phosphoric acid groups is 3. The van der Waals surface area contributed by atoms with Crippen molar-refractivity contribution in [3.8, 4) is 34.3 Å². The van der Waals surface area contributed by atoms with E-state index in [9.17, 15) is 37.9 Å². The predicted molar refractivity (Wildman–Crippen MR) is 295 cm³/mol. The lowest BCUT2D eigenvalue weighted by Gasteiger charge is -2.21. The Labute approximate surface area is 456 Å². The van der Waals surface area contributed by atoms with Gasteiger partial charge in [-0.3, -0.25) is 13.9 Å². The number of carbonyl (C=O) groups is 2. The number of anilines is 2. The van der Waals surface area contributed by atoms with E-state index in [0.29, 0.717) is 71.5 Å². The van der Waals surface area contributed by atoms with Crippen molar-refractivity contribution < 1.29 is 74.6 Å². The second-order valence-corrected chi connectivity index (χ2v) is 26.8. The molecule has 0 radical (unpaired) electrons. The predicted octanol–water partition coefficient (Wildman–Crippen LogP) is 5.39. The highest BCUT2D eigenvalue weighted by atomic mass is 33.1. The Hall–Kier alpha value is -4.53. The molecule has 3 heterocycles. The minimum atomic E-state index is -5.78. The summed E-state index contributed by atoms with van der Waals surface area (Å²) >= 11 is 5.33. The minimum Gasteiger partial charge on any atom is -0.456 e. The van der Waals surface area contributed by atoms with Gasteiger partial charge < -0.3 is 71.0 Å². The fourth-order valence-electron chi connectivity index (χ4n) is 7.46. The van der Waals surface area contributed by atoms with Gasteiger partial charge in [-0.05, 0) is 90.7 Å². The third kappa shape index (κ3) is 19.1. The first-order chi connectivity index (χ1) is 36.5. The van der Waals surface area contributed by atoms with Gasteiger partial charge in [0.1, 0.15) is 35.4 Å². The largest absolute Gasteiger partial charge is 0.490 e. The Kier molecular flexibility index (Phi) is 22.9. The highest BCUT2D eigenvalue weighted by Gasteiger charge is 2.44. The number of hydrogen-bond acceptors (Lipinski definition) is 20. The number of fused-ring (bicyclic) bond motifs is 2. The summed E-state index contributed by atoms with van der Waals surface area (Å²) in [6.07, 6.45) is 0.246. The molecule has 25 nitrogen and oxygen atoms in total. The number of amides is 3. The molecule has 3 aliphatic rings. The van der Waals surface area contributed by atoms with Gasteiger partial charge in [0, 0.05) is 78.0 Å². The van der Waals surface area contributed by atoms with Gasteiger partial charge in [0.2, 0.25) is 0 Å². The third-order valence-electron chi connectivity index (χ3n) is 11.0. The smallest absolute Gasteiger partial charge is 0.456 e. The first kappa shape index (κ1) is 61.7. The molecule has 1 saturated heterocycles. The quantitative estimate of drug-likeness (QED) is 0.00599. The number of rotatable bonds is 27. The Morgan fingerprint density at radius 3 is 2.53 bits per heavy atom. The number of hydrogen-bond donors (Lipinski definition) is 10. The van der Waals surface area contributed by atoms with Crippen LogP contribution in [0.3, 0.4) is 0 Å². The molecule has 77 heavy (non-hydrogen) atoms. The summed E-state index contributed by atoms with van der Waals surface area (Å²) in [5.41, 5.74) is 16.5. The van der Waals surface area contributed by atoms with Crippen molar-refractivity contribution in [2.24, 2.45) is 0 Å². The number of nitrogen functional groups attached to an aromatic ring is 2. The Morgan fingerprint density at radius 1 is 0.974 bits per heavy atom. The lowest BCUT2D eigenvalue weighted by molar-refractivity contribution is -0.0544. The number of urea groups is 1. The van der Waals surface area contributed by atoms with Gasteiger partial charge >= 0.3 is 35.2 Å². The standard InChI is InChI=1S/C45H57N8O17P3S4/c1-3-77(74)27-65-38-23-40(68-39(38)25-66-72(60,61)70-73(62,63)69-71(57,58)59)53-24-30(42(48)52-45(53)56)8-7-16-51-44(55)50-15-5-4-6-18-64-26-76-75-19-17-49-43(54)29-10-9-28(2)35(20-29)41-33-13-11-31(46)21-36(33)67-37-22-32(47)12-14-34(37)41/h9-14,20-22,24,38-40,46H,3-6,15-19,23,25-27,47H2,1-2H3,(H,49,54)(H,60,61)(H,62,63)(H2,48,52,56)(H2,50,51,55)(H2,57,58,59)/t38-,39-,40-,77?/m1/s1. The molecule has 3 unspecified atom stereocenters. The second-order valence-electron chi connectivity index (χ2n) is 16.7. The molecule has 0 spiro atoms. The molecule has 2 aromatic carbocycles. The summed E-state index contributed by atoms with van der Waals surface area (Å²) in [6, 6.07) is 15.9. The zero-order chi connectivity index (χ0) is 55.9. The normalized spacial score (nSPS) is 17.5. The number of nitrogens with zero attached hydrogens (tertiary/aromatic N) is 2. The average Bonchev–Trinajstić information content (AvgIpc) is 3.81. The lowest BCUT2D eigenvalue weighted by Crippen LogP contribution is -2.36. The molecule has 3 amide bonds. The third-order valence-corrected chi connectivity index (χ3v) is 19.0. The van der Waals surface area contributed by atoms with Gasteiger partial charge in [0.15, 0.2) is 0 Å². The molecule has 6 atom stereocenters. The molecule has 0 bridgehead atoms. The summed E-state index contributed by atoms with van der Waals surface area (Å²) in [5, 5.41) is 17.6. The van der Waals surface area contributed by atoms with E-state index in [1.807, 2.05) is 44.2 Å². The molecule has 1 fully saturated rings. The summed E-state index contributed by atoms with van der Waals surface area (Å²) in [6.45, 7) is 4.29. The number of phosphoric ester groups is 1. The van der Waals surface area contributed by atoms with Crippen LogP contribution in [0.25, 0.3) is 33.4 Å². The van der Waals surface area contributed by atoms with Crippen molar-refractivity contribution in [3.05, 3.63) is 93.3 Å². The van der Waals surface area contributed by atoms with Crippen LogP contribution in [-0.4, -0.2) is 110 Å². The zero-order valence-corrected chi connectivity index (χ0v) is 47.3.